The minimum atomic E-state index is -1.85. The van der Waals surface area contributed by atoms with Crippen molar-refractivity contribution in [1.29, 1.82) is 0 Å². The van der Waals surface area contributed by atoms with Crippen LogP contribution in [0, 0.1) is 0 Å². The molecule has 0 bridgehead atoms. The molecule has 40 heavy (non-hydrogen) atoms. The first kappa shape index (κ1) is 32.9. The number of aliphatic hydroxyl groups excluding tert-OH is 9. The second-order valence-electron chi connectivity index (χ2n) is 9.81. The molecule has 0 saturated carbocycles. The zero-order valence-electron chi connectivity index (χ0n) is 21.7. The molecule has 3 aliphatic rings. The van der Waals surface area contributed by atoms with E-state index >= 15 is 0 Å². The zero-order valence-corrected chi connectivity index (χ0v) is 21.7. The van der Waals surface area contributed by atoms with Gasteiger partial charge in [-0.15, -0.1) is 0 Å². The number of carbonyl (C=O) groups excluding carboxylic acids is 2. The van der Waals surface area contributed by atoms with E-state index in [1.807, 2.05) is 0 Å². The molecule has 18 nitrogen and oxygen atoms in total. The largest absolute Gasteiger partial charge is 0.394 e. The van der Waals surface area contributed by atoms with Crippen LogP contribution in [0.1, 0.15) is 13.8 Å². The van der Waals surface area contributed by atoms with E-state index in [9.17, 15) is 55.5 Å². The van der Waals surface area contributed by atoms with E-state index in [1.54, 1.807) is 0 Å². The first-order chi connectivity index (χ1) is 18.8. The molecule has 3 rings (SSSR count). The maximum absolute atomic E-state index is 12.0. The predicted octanol–water partition coefficient (Wildman–Crippen LogP) is -7.29. The number of ether oxygens (including phenoxy) is 5. The van der Waals surface area contributed by atoms with Gasteiger partial charge < -0.3 is 80.3 Å². The highest BCUT2D eigenvalue weighted by Crippen LogP contribution is 2.32. The van der Waals surface area contributed by atoms with Gasteiger partial charge in [0.15, 0.2) is 18.9 Å². The zero-order chi connectivity index (χ0) is 29.9. The van der Waals surface area contributed by atoms with Crippen molar-refractivity contribution in [2.45, 2.75) is 106 Å². The molecule has 0 aromatic heterocycles. The number of carbonyl (C=O) groups is 2. The Morgan fingerprint density at radius 3 is 1.57 bits per heavy atom. The van der Waals surface area contributed by atoms with E-state index in [0.717, 1.165) is 13.8 Å². The Hall–Kier alpha value is -1.62. The summed E-state index contributed by atoms with van der Waals surface area (Å²) in [6.07, 6.45) is -21.1. The van der Waals surface area contributed by atoms with Crippen molar-refractivity contribution in [3.05, 3.63) is 0 Å². The summed E-state index contributed by atoms with van der Waals surface area (Å²) in [5.74, 6) is -1.30. The van der Waals surface area contributed by atoms with Crippen LogP contribution in [0.2, 0.25) is 0 Å². The summed E-state index contributed by atoms with van der Waals surface area (Å²) < 4.78 is 27.7. The molecule has 3 fully saturated rings. The first-order valence-electron chi connectivity index (χ1n) is 12.6. The molecule has 232 valence electrons. The van der Waals surface area contributed by atoms with Gasteiger partial charge in [-0.1, -0.05) is 0 Å². The Bertz CT molecular complexity index is 852. The minimum absolute atomic E-state index is 0.623. The summed E-state index contributed by atoms with van der Waals surface area (Å²) in [6, 6.07) is -2.87. The normalized spacial score (nSPS) is 46.0. The van der Waals surface area contributed by atoms with Gasteiger partial charge in [0, 0.05) is 13.8 Å². The second kappa shape index (κ2) is 14.0. The Morgan fingerprint density at radius 1 is 0.600 bits per heavy atom. The van der Waals surface area contributed by atoms with E-state index in [4.69, 9.17) is 23.7 Å². The summed E-state index contributed by atoms with van der Waals surface area (Å²) in [5.41, 5.74) is 0. The quantitative estimate of drug-likeness (QED) is 0.120. The van der Waals surface area contributed by atoms with Crippen molar-refractivity contribution >= 4 is 11.8 Å². The molecule has 0 radical (unpaired) electrons. The van der Waals surface area contributed by atoms with E-state index in [-0.39, 0.29) is 0 Å². The van der Waals surface area contributed by atoms with Crippen molar-refractivity contribution in [2.24, 2.45) is 0 Å². The van der Waals surface area contributed by atoms with Crippen molar-refractivity contribution in [2.75, 3.05) is 19.8 Å². The summed E-state index contributed by atoms with van der Waals surface area (Å²) in [6.45, 7) is -0.117. The van der Waals surface area contributed by atoms with Crippen molar-refractivity contribution in [1.82, 2.24) is 10.6 Å². The van der Waals surface area contributed by atoms with E-state index in [0.29, 0.717) is 0 Å². The molecule has 0 aliphatic carbocycles. The number of amides is 2. The fourth-order valence-corrected chi connectivity index (χ4v) is 4.87. The number of rotatable bonds is 9. The third kappa shape index (κ3) is 7.05. The summed E-state index contributed by atoms with van der Waals surface area (Å²) >= 11 is 0. The minimum Gasteiger partial charge on any atom is -0.394 e. The number of nitrogens with one attached hydrogen (secondary N) is 2. The van der Waals surface area contributed by atoms with Crippen LogP contribution in [0.5, 0.6) is 0 Å². The molecule has 11 N–H and O–H groups in total. The highest BCUT2D eigenvalue weighted by atomic mass is 16.7. The lowest BCUT2D eigenvalue weighted by Gasteiger charge is -2.49. The van der Waals surface area contributed by atoms with Gasteiger partial charge >= 0.3 is 0 Å². The van der Waals surface area contributed by atoms with Gasteiger partial charge in [-0.2, -0.15) is 0 Å². The molecule has 0 aromatic carbocycles. The first-order valence-corrected chi connectivity index (χ1v) is 12.6. The SMILES string of the molecule is CC(=O)NC1C(O)OC(CO)C(OC2OC(CO)C(OC3OC(CO)C(O)C(O)C3O)C(O)C2NC(C)=O)C1O. The van der Waals surface area contributed by atoms with Crippen LogP contribution in [0.4, 0.5) is 0 Å². The van der Waals surface area contributed by atoms with Gasteiger partial charge in [0.2, 0.25) is 11.8 Å². The maximum Gasteiger partial charge on any atom is 0.217 e. The van der Waals surface area contributed by atoms with Crippen LogP contribution in [-0.4, -0.2) is 170 Å². The van der Waals surface area contributed by atoms with Crippen LogP contribution in [0.15, 0.2) is 0 Å². The van der Waals surface area contributed by atoms with Gasteiger partial charge in [0.05, 0.1) is 19.8 Å². The second-order valence-corrected chi connectivity index (χ2v) is 9.81. The lowest BCUT2D eigenvalue weighted by molar-refractivity contribution is -0.360. The van der Waals surface area contributed by atoms with Gasteiger partial charge in [-0.05, 0) is 0 Å². The van der Waals surface area contributed by atoms with E-state index in [2.05, 4.69) is 10.6 Å². The molecule has 15 atom stereocenters. The van der Waals surface area contributed by atoms with Crippen molar-refractivity contribution < 1.29 is 79.2 Å². The Morgan fingerprint density at radius 2 is 1.05 bits per heavy atom. The highest BCUT2D eigenvalue weighted by Gasteiger charge is 2.54. The topological polar surface area (TPSA) is 286 Å². The molecule has 2 amide bonds. The third-order valence-corrected chi connectivity index (χ3v) is 6.90. The van der Waals surface area contributed by atoms with Crippen LogP contribution in [0.25, 0.3) is 0 Å². The highest BCUT2D eigenvalue weighted by molar-refractivity contribution is 5.73. The summed E-state index contributed by atoms with van der Waals surface area (Å²) in [4.78, 5) is 23.5. The van der Waals surface area contributed by atoms with Gasteiger partial charge in [-0.25, -0.2) is 0 Å². The number of hydrogen-bond donors (Lipinski definition) is 11. The van der Waals surface area contributed by atoms with Crippen molar-refractivity contribution in [3.8, 4) is 0 Å². The Balaban J connectivity index is 1.85. The molecular weight excluding hydrogens is 548 g/mol. The monoisotopic (exact) mass is 586 g/mol. The number of hydrogen-bond acceptors (Lipinski definition) is 16. The van der Waals surface area contributed by atoms with Gasteiger partial charge in [0.1, 0.15) is 73.1 Å². The van der Waals surface area contributed by atoms with Crippen molar-refractivity contribution in [3.63, 3.8) is 0 Å². The smallest absolute Gasteiger partial charge is 0.217 e. The Labute approximate surface area is 228 Å². The standard InChI is InChI=1S/C22H38N2O16/c1-6(28)23-11-14(31)18(9(4-26)36-20(11)35)39-21-12(24-7(2)29)15(32)19(10(5-27)38-21)40-22-17(34)16(33)13(30)8(3-25)37-22/h8-22,25-27,30-35H,3-5H2,1-2H3,(H,23,28)(H,24,29). The summed E-state index contributed by atoms with van der Waals surface area (Å²) in [7, 11) is 0. The van der Waals surface area contributed by atoms with E-state index in [1.165, 1.54) is 0 Å². The van der Waals surface area contributed by atoms with E-state index < -0.39 is 124 Å². The maximum atomic E-state index is 12.0. The third-order valence-electron chi connectivity index (χ3n) is 6.90. The molecule has 3 aliphatic heterocycles. The average Bonchev–Trinajstić information content (AvgIpc) is 2.90. The summed E-state index contributed by atoms with van der Waals surface area (Å²) in [5, 5.41) is 96.5. The molecule has 0 aromatic rings. The van der Waals surface area contributed by atoms with Crippen LogP contribution in [-0.2, 0) is 33.3 Å². The van der Waals surface area contributed by atoms with Crippen LogP contribution < -0.4 is 10.6 Å². The molecule has 3 saturated heterocycles. The molecular formula is C22H38N2O16. The number of aliphatic hydroxyl groups is 9. The molecule has 15 unspecified atom stereocenters. The van der Waals surface area contributed by atoms with Gasteiger partial charge in [0.25, 0.3) is 0 Å². The lowest BCUT2D eigenvalue weighted by Crippen LogP contribution is -2.70. The average molecular weight is 587 g/mol. The molecule has 3 heterocycles. The molecule has 0 spiro atoms. The lowest BCUT2D eigenvalue weighted by atomic mass is 9.94. The predicted molar refractivity (Wildman–Crippen MR) is 124 cm³/mol. The van der Waals surface area contributed by atoms with Crippen LogP contribution in [0.3, 0.4) is 0 Å². The fraction of sp³-hybridized carbons (Fsp3) is 0.909. The Kier molecular flexibility index (Phi) is 11.5. The molecule has 18 heteroatoms. The van der Waals surface area contributed by atoms with Gasteiger partial charge in [-0.3, -0.25) is 9.59 Å². The van der Waals surface area contributed by atoms with Crippen LogP contribution >= 0.6 is 0 Å². The fourth-order valence-electron chi connectivity index (χ4n) is 4.87.